The van der Waals surface area contributed by atoms with Crippen molar-refractivity contribution in [2.75, 3.05) is 26.3 Å². The SMILES string of the molecule is CC(=O)[C@]1(C)CCc2sc3ncnc(O[C@H]4CC[C@H](N5CCOCC5)CC4)c3c2C1. The average Bonchev–Trinajstić information content (AvgIpc) is 3.13. The number of nitrogens with zero attached hydrogens (tertiary/aromatic N) is 3. The van der Waals surface area contributed by atoms with Gasteiger partial charge in [-0.3, -0.25) is 9.69 Å². The molecule has 0 amide bonds. The molecule has 0 radical (unpaired) electrons. The maximum Gasteiger partial charge on any atom is 0.225 e. The van der Waals surface area contributed by atoms with Crippen LogP contribution in [-0.4, -0.2) is 59.1 Å². The highest BCUT2D eigenvalue weighted by atomic mass is 32.1. The number of aromatic nitrogens is 2. The average molecular weight is 430 g/mol. The molecule has 0 spiro atoms. The Hall–Kier alpha value is -1.57. The van der Waals surface area contributed by atoms with E-state index in [-0.39, 0.29) is 17.3 Å². The third kappa shape index (κ3) is 3.76. The molecule has 0 bridgehead atoms. The molecule has 3 aliphatic rings. The first-order valence-corrected chi connectivity index (χ1v) is 12.1. The molecular weight excluding hydrogens is 398 g/mol. The number of aryl methyl sites for hydroxylation is 1. The minimum absolute atomic E-state index is 0.207. The number of morpholine rings is 1. The number of carbonyl (C=O) groups is 1. The molecule has 2 aromatic rings. The first-order chi connectivity index (χ1) is 14.5. The molecule has 3 heterocycles. The second-order valence-corrected chi connectivity index (χ2v) is 10.4. The third-order valence-corrected chi connectivity index (χ3v) is 8.64. The summed E-state index contributed by atoms with van der Waals surface area (Å²) in [7, 11) is 0. The summed E-state index contributed by atoms with van der Waals surface area (Å²) in [6.07, 6.45) is 8.92. The fourth-order valence-corrected chi connectivity index (χ4v) is 6.43. The van der Waals surface area contributed by atoms with Gasteiger partial charge in [-0.25, -0.2) is 9.97 Å². The number of Topliss-reactive ketones (excluding diaryl/α,β-unsaturated/α-hetero) is 1. The van der Waals surface area contributed by atoms with Gasteiger partial charge in [-0.05, 0) is 57.4 Å². The second-order valence-electron chi connectivity index (χ2n) is 9.35. The lowest BCUT2D eigenvalue weighted by atomic mass is 9.72. The maximum absolute atomic E-state index is 12.3. The molecule has 162 valence electrons. The van der Waals surface area contributed by atoms with Crippen molar-refractivity contribution in [1.29, 1.82) is 0 Å². The van der Waals surface area contributed by atoms with E-state index in [0.717, 1.165) is 74.5 Å². The predicted octanol–water partition coefficient (Wildman–Crippen LogP) is 3.80. The molecule has 1 aliphatic heterocycles. The van der Waals surface area contributed by atoms with Crippen molar-refractivity contribution in [2.45, 2.75) is 70.9 Å². The zero-order chi connectivity index (χ0) is 20.7. The first-order valence-electron chi connectivity index (χ1n) is 11.3. The Labute approximate surface area is 182 Å². The van der Waals surface area contributed by atoms with Crippen molar-refractivity contribution < 1.29 is 14.3 Å². The van der Waals surface area contributed by atoms with E-state index in [4.69, 9.17) is 9.47 Å². The van der Waals surface area contributed by atoms with Crippen molar-refractivity contribution in [3.05, 3.63) is 16.8 Å². The zero-order valence-electron chi connectivity index (χ0n) is 18.0. The summed E-state index contributed by atoms with van der Waals surface area (Å²) in [6.45, 7) is 7.65. The molecule has 2 aromatic heterocycles. The Kier molecular flexibility index (Phi) is 5.54. The van der Waals surface area contributed by atoms with E-state index < -0.39 is 0 Å². The normalized spacial score (nSPS) is 30.2. The topological polar surface area (TPSA) is 64.5 Å². The monoisotopic (exact) mass is 429 g/mol. The van der Waals surface area contributed by atoms with Crippen molar-refractivity contribution in [1.82, 2.24) is 14.9 Å². The van der Waals surface area contributed by atoms with Crippen molar-refractivity contribution in [3.8, 4) is 5.88 Å². The minimum Gasteiger partial charge on any atom is -0.474 e. The Morgan fingerprint density at radius 1 is 1.23 bits per heavy atom. The highest BCUT2D eigenvalue weighted by Gasteiger charge is 2.37. The number of ether oxygens (including phenoxy) is 2. The van der Waals surface area contributed by atoms with Crippen LogP contribution in [0.25, 0.3) is 10.2 Å². The van der Waals surface area contributed by atoms with Gasteiger partial charge in [0.05, 0.1) is 18.6 Å². The van der Waals surface area contributed by atoms with Gasteiger partial charge < -0.3 is 9.47 Å². The van der Waals surface area contributed by atoms with E-state index in [1.54, 1.807) is 24.6 Å². The molecule has 6 nitrogen and oxygen atoms in total. The molecule has 1 atom stereocenters. The molecule has 1 saturated carbocycles. The van der Waals surface area contributed by atoms with E-state index >= 15 is 0 Å². The lowest BCUT2D eigenvalue weighted by Gasteiger charge is -2.38. The molecule has 5 rings (SSSR count). The van der Waals surface area contributed by atoms with Crippen molar-refractivity contribution in [3.63, 3.8) is 0 Å². The molecule has 0 N–H and O–H groups in total. The summed E-state index contributed by atoms with van der Waals surface area (Å²) >= 11 is 1.75. The first kappa shape index (κ1) is 20.3. The molecule has 7 heteroatoms. The largest absolute Gasteiger partial charge is 0.474 e. The van der Waals surface area contributed by atoms with Gasteiger partial charge in [0.1, 0.15) is 23.0 Å². The smallest absolute Gasteiger partial charge is 0.225 e. The Bertz CT molecular complexity index is 931. The van der Waals surface area contributed by atoms with E-state index in [1.807, 2.05) is 0 Å². The van der Waals surface area contributed by atoms with Crippen LogP contribution in [0, 0.1) is 5.41 Å². The summed E-state index contributed by atoms with van der Waals surface area (Å²) in [6, 6.07) is 0.657. The Morgan fingerprint density at radius 3 is 2.73 bits per heavy atom. The van der Waals surface area contributed by atoms with Crippen LogP contribution in [0.1, 0.15) is 56.4 Å². The molecule has 2 aliphatic carbocycles. The highest BCUT2D eigenvalue weighted by molar-refractivity contribution is 7.18. The third-order valence-electron chi connectivity index (χ3n) is 7.44. The standard InChI is InChI=1S/C23H31N3O3S/c1-15(27)23(2)8-7-19-18(13-23)20-21(24-14-25-22(20)30-19)29-17-5-3-16(4-6-17)26-9-11-28-12-10-26/h14,16-17H,3-13H2,1-2H3/t16-,17-,23-/m1/s1. The summed E-state index contributed by atoms with van der Waals surface area (Å²) in [5.41, 5.74) is 0.959. The van der Waals surface area contributed by atoms with Crippen LogP contribution in [0.4, 0.5) is 0 Å². The second kappa shape index (κ2) is 8.17. The van der Waals surface area contributed by atoms with Crippen LogP contribution in [0.3, 0.4) is 0 Å². The Balaban J connectivity index is 1.33. The van der Waals surface area contributed by atoms with E-state index in [0.29, 0.717) is 6.04 Å². The van der Waals surface area contributed by atoms with E-state index in [1.165, 1.54) is 23.3 Å². The van der Waals surface area contributed by atoms with E-state index in [9.17, 15) is 4.79 Å². The van der Waals surface area contributed by atoms with Gasteiger partial charge in [0.15, 0.2) is 0 Å². The zero-order valence-corrected chi connectivity index (χ0v) is 18.8. The molecule has 30 heavy (non-hydrogen) atoms. The van der Waals surface area contributed by atoms with Crippen molar-refractivity contribution >= 4 is 27.3 Å². The number of hydrogen-bond acceptors (Lipinski definition) is 7. The maximum atomic E-state index is 12.3. The lowest BCUT2D eigenvalue weighted by Crippen LogP contribution is -2.46. The number of fused-ring (bicyclic) bond motifs is 3. The van der Waals surface area contributed by atoms with Crippen LogP contribution in [0.15, 0.2) is 6.33 Å². The number of ketones is 1. The van der Waals surface area contributed by atoms with Crippen LogP contribution < -0.4 is 4.74 Å². The number of thiophene rings is 1. The summed E-state index contributed by atoms with van der Waals surface area (Å²) < 4.78 is 12.0. The Morgan fingerprint density at radius 2 is 2.00 bits per heavy atom. The van der Waals surface area contributed by atoms with Crippen molar-refractivity contribution in [2.24, 2.45) is 5.41 Å². The molecule has 2 fully saturated rings. The van der Waals surface area contributed by atoms with Crippen LogP contribution in [0.2, 0.25) is 0 Å². The van der Waals surface area contributed by atoms with Gasteiger partial charge in [0.2, 0.25) is 5.88 Å². The molecule has 0 unspecified atom stereocenters. The van der Waals surface area contributed by atoms with E-state index in [2.05, 4.69) is 21.8 Å². The fourth-order valence-electron chi connectivity index (χ4n) is 5.28. The highest BCUT2D eigenvalue weighted by Crippen LogP contribution is 2.45. The molecular formula is C23H31N3O3S. The van der Waals surface area contributed by atoms with Gasteiger partial charge in [0.25, 0.3) is 0 Å². The lowest BCUT2D eigenvalue weighted by molar-refractivity contribution is -0.126. The van der Waals surface area contributed by atoms with Crippen LogP contribution >= 0.6 is 11.3 Å². The van der Waals surface area contributed by atoms with Gasteiger partial charge in [-0.2, -0.15) is 0 Å². The quantitative estimate of drug-likeness (QED) is 0.737. The minimum atomic E-state index is -0.287. The summed E-state index contributed by atoms with van der Waals surface area (Å²) in [5.74, 6) is 0.994. The number of carbonyl (C=O) groups excluding carboxylic acids is 1. The summed E-state index contributed by atoms with van der Waals surface area (Å²) in [5, 5.41) is 1.06. The molecule has 0 aromatic carbocycles. The van der Waals surface area contributed by atoms with Gasteiger partial charge >= 0.3 is 0 Å². The number of rotatable bonds is 4. The summed E-state index contributed by atoms with van der Waals surface area (Å²) in [4.78, 5) is 26.3. The predicted molar refractivity (Wildman–Crippen MR) is 117 cm³/mol. The van der Waals surface area contributed by atoms with Gasteiger partial charge in [0, 0.05) is 29.4 Å². The number of hydrogen-bond donors (Lipinski definition) is 0. The fraction of sp³-hybridized carbons (Fsp3) is 0.696. The van der Waals surface area contributed by atoms with Crippen LogP contribution in [0.5, 0.6) is 5.88 Å². The molecule has 1 saturated heterocycles. The van der Waals surface area contributed by atoms with Gasteiger partial charge in [-0.1, -0.05) is 6.92 Å². The van der Waals surface area contributed by atoms with Gasteiger partial charge in [-0.15, -0.1) is 11.3 Å². The van der Waals surface area contributed by atoms with Crippen LogP contribution in [-0.2, 0) is 22.4 Å².